The molecule has 0 radical (unpaired) electrons. The Labute approximate surface area is 182 Å². The molecule has 1 N–H and O–H groups in total. The Morgan fingerprint density at radius 3 is 2.52 bits per heavy atom. The van der Waals surface area contributed by atoms with Crippen LogP contribution in [0.15, 0.2) is 54.7 Å². The number of hydrogen-bond acceptors (Lipinski definition) is 3. The smallest absolute Gasteiger partial charge is 0.335 e. The molecule has 0 bridgehead atoms. The first-order chi connectivity index (χ1) is 14.9. The standard InChI is InChI=1S/C24H18ClF2NO3/c25-17-11-22(23(28-12-17)31-13-14-4-6-18(26)7-5-14)21-3-1-2-20(21)15-8-16(24(29)30)10-19(27)9-15/h4-12H,1-3,13H2,(H,29,30). The van der Waals surface area contributed by atoms with Crippen LogP contribution in [0.1, 0.15) is 46.3 Å². The van der Waals surface area contributed by atoms with Crippen LogP contribution in [0.2, 0.25) is 5.02 Å². The van der Waals surface area contributed by atoms with Crippen molar-refractivity contribution in [3.8, 4) is 5.88 Å². The van der Waals surface area contributed by atoms with Crippen molar-refractivity contribution in [1.82, 2.24) is 4.98 Å². The first-order valence-electron chi connectivity index (χ1n) is 9.70. The third-order valence-corrected chi connectivity index (χ3v) is 5.35. The number of halogens is 3. The van der Waals surface area contributed by atoms with E-state index in [1.165, 1.54) is 30.5 Å². The molecule has 2 aromatic carbocycles. The molecule has 0 saturated carbocycles. The van der Waals surface area contributed by atoms with Crippen molar-refractivity contribution in [3.05, 3.63) is 93.6 Å². The van der Waals surface area contributed by atoms with Crippen molar-refractivity contribution in [2.75, 3.05) is 0 Å². The highest BCUT2D eigenvalue weighted by atomic mass is 35.5. The molecular weight excluding hydrogens is 424 g/mol. The number of ether oxygens (including phenoxy) is 1. The lowest BCUT2D eigenvalue weighted by molar-refractivity contribution is 0.0696. The Morgan fingerprint density at radius 1 is 1.03 bits per heavy atom. The lowest BCUT2D eigenvalue weighted by atomic mass is 9.96. The molecule has 4 rings (SSSR count). The Morgan fingerprint density at radius 2 is 1.77 bits per heavy atom. The third-order valence-electron chi connectivity index (χ3n) is 5.14. The van der Waals surface area contributed by atoms with Gasteiger partial charge in [0.25, 0.3) is 0 Å². The normalized spacial score (nSPS) is 13.5. The molecule has 0 amide bonds. The van der Waals surface area contributed by atoms with Crippen LogP contribution < -0.4 is 4.74 Å². The molecule has 1 aliphatic carbocycles. The number of rotatable bonds is 6. The van der Waals surface area contributed by atoms with Crippen molar-refractivity contribution in [2.24, 2.45) is 0 Å². The number of aromatic carboxylic acids is 1. The Kier molecular flexibility index (Phi) is 6.00. The first-order valence-corrected chi connectivity index (χ1v) is 10.1. The molecule has 0 spiro atoms. The fourth-order valence-electron chi connectivity index (χ4n) is 3.74. The summed E-state index contributed by atoms with van der Waals surface area (Å²) >= 11 is 6.20. The van der Waals surface area contributed by atoms with Crippen molar-refractivity contribution < 1.29 is 23.4 Å². The van der Waals surface area contributed by atoms with Gasteiger partial charge in [-0.1, -0.05) is 23.7 Å². The highest BCUT2D eigenvalue weighted by Gasteiger charge is 2.23. The number of pyridine rings is 1. The number of carbonyl (C=O) groups is 1. The highest BCUT2D eigenvalue weighted by Crippen LogP contribution is 2.43. The molecule has 1 aromatic heterocycles. The van der Waals surface area contributed by atoms with Gasteiger partial charge in [-0.25, -0.2) is 18.6 Å². The van der Waals surface area contributed by atoms with Gasteiger partial charge >= 0.3 is 5.97 Å². The molecule has 0 aliphatic heterocycles. The van der Waals surface area contributed by atoms with E-state index in [2.05, 4.69) is 4.98 Å². The van der Waals surface area contributed by atoms with Gasteiger partial charge in [-0.15, -0.1) is 0 Å². The lowest BCUT2D eigenvalue weighted by Crippen LogP contribution is -2.02. The summed E-state index contributed by atoms with van der Waals surface area (Å²) in [7, 11) is 0. The second kappa shape index (κ2) is 8.86. The van der Waals surface area contributed by atoms with E-state index in [0.29, 0.717) is 34.9 Å². The van der Waals surface area contributed by atoms with Crippen LogP contribution in [0.4, 0.5) is 8.78 Å². The Hall–Kier alpha value is -3.25. The van der Waals surface area contributed by atoms with Gasteiger partial charge in [0.05, 0.1) is 10.6 Å². The Bertz CT molecular complexity index is 1180. The number of carboxylic acids is 1. The van der Waals surface area contributed by atoms with Crippen LogP contribution in [0, 0.1) is 11.6 Å². The molecule has 31 heavy (non-hydrogen) atoms. The fraction of sp³-hybridized carbons (Fsp3) is 0.167. The zero-order valence-electron chi connectivity index (χ0n) is 16.4. The summed E-state index contributed by atoms with van der Waals surface area (Å²) in [4.78, 5) is 15.7. The molecule has 0 fully saturated rings. The monoisotopic (exact) mass is 441 g/mol. The molecule has 1 aliphatic rings. The second-order valence-electron chi connectivity index (χ2n) is 7.27. The van der Waals surface area contributed by atoms with Gasteiger partial charge in [-0.2, -0.15) is 0 Å². The number of hydrogen-bond donors (Lipinski definition) is 1. The summed E-state index contributed by atoms with van der Waals surface area (Å²) in [5.74, 6) is -1.76. The number of nitrogens with zero attached hydrogens (tertiary/aromatic N) is 1. The van der Waals surface area contributed by atoms with Crippen LogP contribution in [-0.4, -0.2) is 16.1 Å². The second-order valence-corrected chi connectivity index (χ2v) is 7.70. The maximum absolute atomic E-state index is 14.1. The van der Waals surface area contributed by atoms with Crippen LogP contribution in [0.3, 0.4) is 0 Å². The summed E-state index contributed by atoms with van der Waals surface area (Å²) in [5, 5.41) is 9.71. The molecule has 1 heterocycles. The van der Waals surface area contributed by atoms with Crippen molar-refractivity contribution in [1.29, 1.82) is 0 Å². The van der Waals surface area contributed by atoms with Crippen LogP contribution >= 0.6 is 11.6 Å². The summed E-state index contributed by atoms with van der Waals surface area (Å²) in [6.07, 6.45) is 3.67. The summed E-state index contributed by atoms with van der Waals surface area (Å²) in [5.41, 5.74) is 3.62. The summed E-state index contributed by atoms with van der Waals surface area (Å²) in [6.45, 7) is 0.188. The SMILES string of the molecule is O=C(O)c1cc(F)cc(C2=C(c3cc(Cl)cnc3OCc3ccc(F)cc3)CCC2)c1. The van der Waals surface area contributed by atoms with Crippen LogP contribution in [-0.2, 0) is 6.61 Å². The summed E-state index contributed by atoms with van der Waals surface area (Å²) in [6, 6.07) is 11.5. The van der Waals surface area contributed by atoms with Gasteiger partial charge in [-0.05, 0) is 77.9 Å². The maximum Gasteiger partial charge on any atom is 0.335 e. The van der Waals surface area contributed by atoms with E-state index in [1.54, 1.807) is 18.2 Å². The number of allylic oxidation sites excluding steroid dienone is 2. The van der Waals surface area contributed by atoms with E-state index in [1.807, 2.05) is 0 Å². The van der Waals surface area contributed by atoms with E-state index in [9.17, 15) is 18.7 Å². The van der Waals surface area contributed by atoms with Gasteiger partial charge in [0.1, 0.15) is 18.2 Å². The van der Waals surface area contributed by atoms with E-state index < -0.39 is 11.8 Å². The van der Waals surface area contributed by atoms with Crippen LogP contribution in [0.25, 0.3) is 11.1 Å². The Balaban J connectivity index is 1.73. The zero-order chi connectivity index (χ0) is 22.0. The topological polar surface area (TPSA) is 59.4 Å². The molecule has 0 unspecified atom stereocenters. The number of carboxylic acid groups (broad SMARTS) is 1. The highest BCUT2D eigenvalue weighted by molar-refractivity contribution is 6.30. The van der Waals surface area contributed by atoms with Gasteiger partial charge in [-0.3, -0.25) is 0 Å². The molecule has 0 atom stereocenters. The van der Waals surface area contributed by atoms with Crippen molar-refractivity contribution in [3.63, 3.8) is 0 Å². The van der Waals surface area contributed by atoms with E-state index in [0.717, 1.165) is 29.2 Å². The van der Waals surface area contributed by atoms with Gasteiger partial charge in [0.2, 0.25) is 5.88 Å². The van der Waals surface area contributed by atoms with Gasteiger partial charge in [0, 0.05) is 11.8 Å². The average Bonchev–Trinajstić information content (AvgIpc) is 3.23. The fourth-order valence-corrected chi connectivity index (χ4v) is 3.90. The zero-order valence-corrected chi connectivity index (χ0v) is 17.1. The predicted octanol–water partition coefficient (Wildman–Crippen LogP) is 6.39. The molecule has 3 aromatic rings. The van der Waals surface area contributed by atoms with Crippen molar-refractivity contribution >= 4 is 28.7 Å². The minimum Gasteiger partial charge on any atom is -0.478 e. The molecule has 7 heteroatoms. The summed E-state index contributed by atoms with van der Waals surface area (Å²) < 4.78 is 33.1. The van der Waals surface area contributed by atoms with E-state index >= 15 is 0 Å². The van der Waals surface area contributed by atoms with E-state index in [-0.39, 0.29) is 18.0 Å². The lowest BCUT2D eigenvalue weighted by Gasteiger charge is -2.14. The third kappa shape index (κ3) is 4.75. The average molecular weight is 442 g/mol. The molecular formula is C24H18ClF2NO3. The largest absolute Gasteiger partial charge is 0.478 e. The quantitative estimate of drug-likeness (QED) is 0.481. The van der Waals surface area contributed by atoms with Crippen molar-refractivity contribution in [2.45, 2.75) is 25.9 Å². The maximum atomic E-state index is 14.1. The predicted molar refractivity (Wildman–Crippen MR) is 114 cm³/mol. The molecule has 0 saturated heterocycles. The van der Waals surface area contributed by atoms with Crippen LogP contribution in [0.5, 0.6) is 5.88 Å². The van der Waals surface area contributed by atoms with Gasteiger partial charge < -0.3 is 9.84 Å². The van der Waals surface area contributed by atoms with E-state index in [4.69, 9.17) is 16.3 Å². The number of aromatic nitrogens is 1. The number of benzene rings is 2. The minimum atomic E-state index is -1.19. The first kappa shape index (κ1) is 21.0. The van der Waals surface area contributed by atoms with Gasteiger partial charge in [0.15, 0.2) is 0 Å². The minimum absolute atomic E-state index is 0.106. The molecule has 4 nitrogen and oxygen atoms in total. The molecule has 158 valence electrons.